The minimum atomic E-state index is -1.02. The van der Waals surface area contributed by atoms with Gasteiger partial charge in [0.05, 0.1) is 10.4 Å². The number of aliphatic hydroxyl groups excluding tert-OH is 1. The van der Waals surface area contributed by atoms with Gasteiger partial charge >= 0.3 is 0 Å². The summed E-state index contributed by atoms with van der Waals surface area (Å²) in [4.78, 5) is 13.6. The largest absolute Gasteiger partial charge is 0.381 e. The van der Waals surface area contributed by atoms with Gasteiger partial charge < -0.3 is 5.11 Å². The summed E-state index contributed by atoms with van der Waals surface area (Å²) in [6.45, 7) is -0.456. The Bertz CT molecular complexity index is 236. The molecule has 0 bridgehead atoms. The molecule has 0 aliphatic rings. The number of nitrogens with zero attached hydrogens (tertiary/aromatic N) is 2. The first-order valence-corrected chi connectivity index (χ1v) is 3.76. The smallest absolute Gasteiger partial charge is 0.234 e. The number of aliphatic hydroxyl groups is 1. The Morgan fingerprint density at radius 3 is 3.09 bits per heavy atom. The molecule has 1 N–H and O–H groups in total. The van der Waals surface area contributed by atoms with Gasteiger partial charge in [0.25, 0.3) is 0 Å². The van der Waals surface area contributed by atoms with Crippen molar-refractivity contribution in [2.45, 2.75) is 6.10 Å². The predicted molar refractivity (Wildman–Crippen MR) is 38.9 cm³/mol. The molecule has 1 aromatic rings. The van der Waals surface area contributed by atoms with Crippen molar-refractivity contribution < 1.29 is 10.0 Å². The third-order valence-electron chi connectivity index (χ3n) is 1.10. The van der Waals surface area contributed by atoms with E-state index in [9.17, 15) is 10.1 Å². The number of aromatic nitrogens is 1. The zero-order valence-electron chi connectivity index (χ0n) is 5.51. The molecule has 1 heterocycles. The quantitative estimate of drug-likeness (QED) is 0.533. The predicted octanol–water partition coefficient (Wildman–Crippen LogP) is 0.453. The van der Waals surface area contributed by atoms with Crippen LogP contribution in [0, 0.1) is 10.1 Å². The third kappa shape index (κ3) is 2.24. The summed E-state index contributed by atoms with van der Waals surface area (Å²) < 4.78 is 0. The molecule has 11 heavy (non-hydrogen) atoms. The normalized spacial score (nSPS) is 12.8. The molecule has 0 radical (unpaired) electrons. The van der Waals surface area contributed by atoms with Gasteiger partial charge in [0.1, 0.15) is 0 Å². The minimum Gasteiger partial charge on any atom is -0.381 e. The van der Waals surface area contributed by atoms with Gasteiger partial charge in [-0.3, -0.25) is 15.1 Å². The second kappa shape index (κ2) is 3.40. The van der Waals surface area contributed by atoms with Crippen LogP contribution in [0.5, 0.6) is 0 Å². The van der Waals surface area contributed by atoms with Gasteiger partial charge in [-0.2, -0.15) is 0 Å². The minimum absolute atomic E-state index is 0.456. The van der Waals surface area contributed by atoms with Crippen molar-refractivity contribution in [2.75, 3.05) is 6.54 Å². The van der Waals surface area contributed by atoms with Crippen LogP contribution in [0.15, 0.2) is 11.7 Å². The molecule has 0 saturated carbocycles. The van der Waals surface area contributed by atoms with Crippen molar-refractivity contribution in [1.29, 1.82) is 0 Å². The molecule has 0 fully saturated rings. The molecule has 0 spiro atoms. The molecule has 1 unspecified atom stereocenters. The molecule has 0 aliphatic carbocycles. The van der Waals surface area contributed by atoms with Crippen molar-refractivity contribution in [3.8, 4) is 0 Å². The topological polar surface area (TPSA) is 76.3 Å². The van der Waals surface area contributed by atoms with E-state index in [-0.39, 0.29) is 0 Å². The lowest BCUT2D eigenvalue weighted by Gasteiger charge is -1.99. The van der Waals surface area contributed by atoms with Crippen molar-refractivity contribution in [2.24, 2.45) is 0 Å². The molecule has 0 saturated heterocycles. The Hall–Kier alpha value is -1.01. The summed E-state index contributed by atoms with van der Waals surface area (Å²) >= 11 is 1.21. The van der Waals surface area contributed by atoms with E-state index in [0.717, 1.165) is 0 Å². The van der Waals surface area contributed by atoms with E-state index in [1.807, 2.05) is 0 Å². The Balaban J connectivity index is 2.56. The first-order chi connectivity index (χ1) is 5.20. The second-order valence-corrected chi connectivity index (χ2v) is 2.85. The number of nitro groups is 1. The highest BCUT2D eigenvalue weighted by Crippen LogP contribution is 2.16. The SMILES string of the molecule is O=[N+]([O-])CC(O)c1cncs1. The number of rotatable bonds is 3. The first kappa shape index (κ1) is 8.09. The fraction of sp³-hybridized carbons (Fsp3) is 0.400. The van der Waals surface area contributed by atoms with Gasteiger partial charge in [-0.1, -0.05) is 0 Å². The number of hydrogen-bond donors (Lipinski definition) is 1. The fourth-order valence-electron chi connectivity index (χ4n) is 0.621. The molecule has 5 nitrogen and oxygen atoms in total. The fourth-order valence-corrected chi connectivity index (χ4v) is 1.22. The van der Waals surface area contributed by atoms with Crippen LogP contribution >= 0.6 is 11.3 Å². The van der Waals surface area contributed by atoms with Gasteiger partial charge in [0, 0.05) is 11.1 Å². The molecule has 1 aromatic heterocycles. The van der Waals surface area contributed by atoms with E-state index < -0.39 is 17.6 Å². The maximum atomic E-state index is 9.93. The summed E-state index contributed by atoms with van der Waals surface area (Å²) in [6, 6.07) is 0. The lowest BCUT2D eigenvalue weighted by Crippen LogP contribution is -2.10. The van der Waals surface area contributed by atoms with Gasteiger partial charge in [-0.05, 0) is 0 Å². The summed E-state index contributed by atoms with van der Waals surface area (Å²) in [7, 11) is 0. The number of thiazole rings is 1. The monoisotopic (exact) mass is 174 g/mol. The summed E-state index contributed by atoms with van der Waals surface area (Å²) in [5, 5.41) is 19.0. The van der Waals surface area contributed by atoms with Crippen LogP contribution in [0.2, 0.25) is 0 Å². The van der Waals surface area contributed by atoms with Crippen molar-refractivity contribution >= 4 is 11.3 Å². The van der Waals surface area contributed by atoms with E-state index in [0.29, 0.717) is 4.88 Å². The van der Waals surface area contributed by atoms with Crippen LogP contribution in [0.3, 0.4) is 0 Å². The Kier molecular flexibility index (Phi) is 2.50. The van der Waals surface area contributed by atoms with E-state index in [4.69, 9.17) is 5.11 Å². The summed E-state index contributed by atoms with van der Waals surface area (Å²) in [5.41, 5.74) is 1.53. The van der Waals surface area contributed by atoms with Gasteiger partial charge in [0.2, 0.25) is 6.54 Å². The van der Waals surface area contributed by atoms with Crippen molar-refractivity contribution in [1.82, 2.24) is 4.98 Å². The second-order valence-electron chi connectivity index (χ2n) is 1.93. The lowest BCUT2D eigenvalue weighted by molar-refractivity contribution is -0.491. The van der Waals surface area contributed by atoms with Crippen LogP contribution in [-0.4, -0.2) is 21.6 Å². The Morgan fingerprint density at radius 2 is 2.64 bits per heavy atom. The zero-order chi connectivity index (χ0) is 8.27. The molecule has 60 valence electrons. The molecule has 0 aliphatic heterocycles. The highest BCUT2D eigenvalue weighted by Gasteiger charge is 2.14. The molecule has 0 amide bonds. The van der Waals surface area contributed by atoms with E-state index in [2.05, 4.69) is 4.98 Å². The van der Waals surface area contributed by atoms with Crippen LogP contribution in [0.1, 0.15) is 11.0 Å². The molecule has 6 heteroatoms. The Labute approximate surface area is 66.5 Å². The average Bonchev–Trinajstić information content (AvgIpc) is 2.35. The highest BCUT2D eigenvalue weighted by molar-refractivity contribution is 7.09. The summed E-state index contributed by atoms with van der Waals surface area (Å²) in [6.07, 6.45) is 0.413. The molecule has 0 aromatic carbocycles. The van der Waals surface area contributed by atoms with Gasteiger partial charge in [-0.25, -0.2) is 0 Å². The zero-order valence-corrected chi connectivity index (χ0v) is 6.32. The van der Waals surface area contributed by atoms with Crippen LogP contribution in [0.4, 0.5) is 0 Å². The Morgan fingerprint density at radius 1 is 1.91 bits per heavy atom. The van der Waals surface area contributed by atoms with Gasteiger partial charge in [0.15, 0.2) is 6.10 Å². The van der Waals surface area contributed by atoms with E-state index in [1.54, 1.807) is 0 Å². The van der Waals surface area contributed by atoms with Crippen molar-refractivity contribution in [3.05, 3.63) is 26.7 Å². The van der Waals surface area contributed by atoms with Crippen LogP contribution < -0.4 is 0 Å². The lowest BCUT2D eigenvalue weighted by atomic mass is 10.3. The number of hydrogen-bond acceptors (Lipinski definition) is 5. The maximum Gasteiger partial charge on any atom is 0.234 e. The maximum absolute atomic E-state index is 9.93. The first-order valence-electron chi connectivity index (χ1n) is 2.88. The highest BCUT2D eigenvalue weighted by atomic mass is 32.1. The van der Waals surface area contributed by atoms with Crippen LogP contribution in [0.25, 0.3) is 0 Å². The molecule has 1 rings (SSSR count). The van der Waals surface area contributed by atoms with Gasteiger partial charge in [-0.15, -0.1) is 11.3 Å². The summed E-state index contributed by atoms with van der Waals surface area (Å²) in [5.74, 6) is 0. The molecule has 1 atom stereocenters. The van der Waals surface area contributed by atoms with E-state index in [1.165, 1.54) is 23.0 Å². The molecular formula is C5H6N2O3S. The third-order valence-corrected chi connectivity index (χ3v) is 1.98. The van der Waals surface area contributed by atoms with E-state index >= 15 is 0 Å². The van der Waals surface area contributed by atoms with Crippen molar-refractivity contribution in [3.63, 3.8) is 0 Å². The van der Waals surface area contributed by atoms with Crippen LogP contribution in [-0.2, 0) is 0 Å². The molecular weight excluding hydrogens is 168 g/mol. The standard InChI is InChI=1S/C5H6N2O3S/c8-4(2-7(9)10)5-1-6-3-11-5/h1,3-4,8H,2H2. The average molecular weight is 174 g/mol.